The summed E-state index contributed by atoms with van der Waals surface area (Å²) in [5.74, 6) is 0.0290. The minimum Gasteiger partial charge on any atom is -0.461 e. The van der Waals surface area contributed by atoms with Crippen LogP contribution in [0.15, 0.2) is 24.3 Å². The molecule has 108 valence electrons. The van der Waals surface area contributed by atoms with E-state index in [-0.39, 0.29) is 17.5 Å². The summed E-state index contributed by atoms with van der Waals surface area (Å²) >= 11 is 6.02. The highest BCUT2D eigenvalue weighted by Crippen LogP contribution is 2.54. The fourth-order valence-corrected chi connectivity index (χ4v) is 3.20. The van der Waals surface area contributed by atoms with Gasteiger partial charge < -0.3 is 4.74 Å². The second kappa shape index (κ2) is 5.38. The predicted octanol–water partition coefficient (Wildman–Crippen LogP) is 3.26. The van der Waals surface area contributed by atoms with Gasteiger partial charge in [0.15, 0.2) is 0 Å². The third-order valence-corrected chi connectivity index (χ3v) is 4.62. The molecule has 0 bridgehead atoms. The van der Waals surface area contributed by atoms with Crippen LogP contribution in [0.4, 0.5) is 0 Å². The summed E-state index contributed by atoms with van der Waals surface area (Å²) in [6.07, 6.45) is 2.99. The molecular formula is C16H20ClNO2. The molecule has 3 rings (SSSR count). The van der Waals surface area contributed by atoms with E-state index in [0.717, 1.165) is 43.9 Å². The van der Waals surface area contributed by atoms with E-state index in [9.17, 15) is 4.79 Å². The van der Waals surface area contributed by atoms with Crippen molar-refractivity contribution in [1.82, 2.24) is 4.90 Å². The molecular weight excluding hydrogens is 274 g/mol. The summed E-state index contributed by atoms with van der Waals surface area (Å²) in [5.41, 5.74) is 1.10. The molecule has 1 heterocycles. The van der Waals surface area contributed by atoms with Crippen LogP contribution in [0.3, 0.4) is 0 Å². The molecule has 0 radical (unpaired) electrons. The maximum atomic E-state index is 11.8. The summed E-state index contributed by atoms with van der Waals surface area (Å²) in [4.78, 5) is 14.1. The maximum Gasteiger partial charge on any atom is 0.312 e. The molecule has 1 saturated heterocycles. The van der Waals surface area contributed by atoms with Crippen LogP contribution in [0, 0.1) is 5.41 Å². The minimum atomic E-state index is -0.0971. The Labute approximate surface area is 124 Å². The molecule has 2 aliphatic rings. The standard InChI is InChI=1S/C16H20ClNO2/c1-2-18(10-12-4-3-5-13(17)8-12)11-14-9-16(6-7-16)15(19)20-14/h3-5,8,14H,2,6-7,9-11H2,1H3/t14-/m0/s1. The van der Waals surface area contributed by atoms with Crippen LogP contribution in [0.1, 0.15) is 31.7 Å². The predicted molar refractivity (Wildman–Crippen MR) is 78.6 cm³/mol. The molecule has 0 amide bonds. The number of ether oxygens (including phenoxy) is 1. The van der Waals surface area contributed by atoms with Crippen molar-refractivity contribution in [3.05, 3.63) is 34.9 Å². The Morgan fingerprint density at radius 1 is 1.45 bits per heavy atom. The first-order valence-electron chi connectivity index (χ1n) is 7.29. The number of benzene rings is 1. The lowest BCUT2D eigenvalue weighted by atomic mass is 10.0. The van der Waals surface area contributed by atoms with Crippen molar-refractivity contribution in [1.29, 1.82) is 0 Å². The molecule has 1 atom stereocenters. The third-order valence-electron chi connectivity index (χ3n) is 4.38. The molecule has 1 aliphatic carbocycles. The van der Waals surface area contributed by atoms with E-state index < -0.39 is 0 Å². The normalized spacial score (nSPS) is 23.4. The number of halogens is 1. The van der Waals surface area contributed by atoms with Gasteiger partial charge in [0.1, 0.15) is 6.10 Å². The van der Waals surface area contributed by atoms with E-state index in [4.69, 9.17) is 16.3 Å². The molecule has 0 N–H and O–H groups in total. The van der Waals surface area contributed by atoms with E-state index in [1.165, 1.54) is 5.56 Å². The molecule has 0 aromatic heterocycles. The van der Waals surface area contributed by atoms with Crippen molar-refractivity contribution in [2.75, 3.05) is 13.1 Å². The van der Waals surface area contributed by atoms with Crippen LogP contribution in [0.25, 0.3) is 0 Å². The number of rotatable bonds is 5. The van der Waals surface area contributed by atoms with E-state index in [2.05, 4.69) is 17.9 Å². The topological polar surface area (TPSA) is 29.5 Å². The van der Waals surface area contributed by atoms with Gasteiger partial charge in [-0.05, 0) is 37.1 Å². The quantitative estimate of drug-likeness (QED) is 0.781. The number of hydrogen-bond acceptors (Lipinski definition) is 3. The number of likely N-dealkylation sites (N-methyl/N-ethyl adjacent to an activating group) is 1. The van der Waals surface area contributed by atoms with E-state index in [0.29, 0.717) is 0 Å². The molecule has 0 unspecified atom stereocenters. The number of esters is 1. The van der Waals surface area contributed by atoms with Gasteiger partial charge in [-0.3, -0.25) is 9.69 Å². The lowest BCUT2D eigenvalue weighted by molar-refractivity contribution is -0.145. The summed E-state index contributed by atoms with van der Waals surface area (Å²) in [5, 5.41) is 0.766. The van der Waals surface area contributed by atoms with Crippen LogP contribution in [-0.4, -0.2) is 30.1 Å². The van der Waals surface area contributed by atoms with Crippen LogP contribution in [-0.2, 0) is 16.1 Å². The smallest absolute Gasteiger partial charge is 0.312 e. The molecule has 4 heteroatoms. The zero-order valence-electron chi connectivity index (χ0n) is 11.8. The molecule has 1 spiro atoms. The van der Waals surface area contributed by atoms with Gasteiger partial charge in [-0.2, -0.15) is 0 Å². The average Bonchev–Trinajstić information content (AvgIpc) is 3.11. The van der Waals surface area contributed by atoms with Crippen molar-refractivity contribution >= 4 is 17.6 Å². The number of carbonyl (C=O) groups is 1. The highest BCUT2D eigenvalue weighted by atomic mass is 35.5. The van der Waals surface area contributed by atoms with Gasteiger partial charge in [-0.25, -0.2) is 0 Å². The number of cyclic esters (lactones) is 1. The Bertz CT molecular complexity index is 513. The number of nitrogens with zero attached hydrogens (tertiary/aromatic N) is 1. The van der Waals surface area contributed by atoms with E-state index in [1.54, 1.807) is 0 Å². The Hall–Kier alpha value is -1.06. The monoisotopic (exact) mass is 293 g/mol. The van der Waals surface area contributed by atoms with Crippen LogP contribution in [0.5, 0.6) is 0 Å². The van der Waals surface area contributed by atoms with Crippen molar-refractivity contribution in [3.8, 4) is 0 Å². The van der Waals surface area contributed by atoms with Gasteiger partial charge in [0.05, 0.1) is 5.41 Å². The fraction of sp³-hybridized carbons (Fsp3) is 0.562. The molecule has 1 aliphatic heterocycles. The van der Waals surface area contributed by atoms with Crippen molar-refractivity contribution in [2.24, 2.45) is 5.41 Å². The molecule has 1 saturated carbocycles. The molecule has 1 aromatic rings. The largest absolute Gasteiger partial charge is 0.461 e. The summed E-state index contributed by atoms with van der Waals surface area (Å²) in [6, 6.07) is 7.93. The highest BCUT2D eigenvalue weighted by Gasteiger charge is 2.57. The van der Waals surface area contributed by atoms with Crippen LogP contribution in [0.2, 0.25) is 5.02 Å². The lowest BCUT2D eigenvalue weighted by Gasteiger charge is -2.23. The van der Waals surface area contributed by atoms with Crippen molar-refractivity contribution < 1.29 is 9.53 Å². The van der Waals surface area contributed by atoms with Gasteiger partial charge in [-0.1, -0.05) is 30.7 Å². The van der Waals surface area contributed by atoms with Crippen molar-refractivity contribution in [3.63, 3.8) is 0 Å². The minimum absolute atomic E-state index is 0.0290. The first-order chi connectivity index (χ1) is 9.61. The van der Waals surface area contributed by atoms with E-state index in [1.807, 2.05) is 18.2 Å². The fourth-order valence-electron chi connectivity index (χ4n) is 2.99. The van der Waals surface area contributed by atoms with Crippen LogP contribution < -0.4 is 0 Å². The van der Waals surface area contributed by atoms with Gasteiger partial charge in [-0.15, -0.1) is 0 Å². The number of hydrogen-bond donors (Lipinski definition) is 0. The van der Waals surface area contributed by atoms with Crippen molar-refractivity contribution in [2.45, 2.75) is 38.8 Å². The average molecular weight is 294 g/mol. The third kappa shape index (κ3) is 2.84. The Morgan fingerprint density at radius 3 is 2.85 bits per heavy atom. The molecule has 2 fully saturated rings. The lowest BCUT2D eigenvalue weighted by Crippen LogP contribution is -2.32. The Kier molecular flexibility index (Phi) is 3.74. The Balaban J connectivity index is 1.59. The summed E-state index contributed by atoms with van der Waals surface area (Å²) in [7, 11) is 0. The van der Waals surface area contributed by atoms with Gasteiger partial charge in [0.2, 0.25) is 0 Å². The van der Waals surface area contributed by atoms with Gasteiger partial charge in [0, 0.05) is 24.5 Å². The first kappa shape index (κ1) is 13.9. The summed E-state index contributed by atoms with van der Waals surface area (Å²) < 4.78 is 5.53. The Morgan fingerprint density at radius 2 is 2.25 bits per heavy atom. The summed E-state index contributed by atoms with van der Waals surface area (Å²) in [6.45, 7) is 4.73. The van der Waals surface area contributed by atoms with Gasteiger partial charge in [0.25, 0.3) is 0 Å². The van der Waals surface area contributed by atoms with Crippen LogP contribution >= 0.6 is 11.6 Å². The second-order valence-electron chi connectivity index (χ2n) is 5.97. The highest BCUT2D eigenvalue weighted by molar-refractivity contribution is 6.30. The maximum absolute atomic E-state index is 11.8. The van der Waals surface area contributed by atoms with E-state index >= 15 is 0 Å². The zero-order chi connectivity index (χ0) is 14.2. The number of carbonyl (C=O) groups excluding carboxylic acids is 1. The van der Waals surface area contributed by atoms with Gasteiger partial charge >= 0.3 is 5.97 Å². The second-order valence-corrected chi connectivity index (χ2v) is 6.41. The molecule has 20 heavy (non-hydrogen) atoms. The first-order valence-corrected chi connectivity index (χ1v) is 7.67. The zero-order valence-corrected chi connectivity index (χ0v) is 12.5. The molecule has 1 aromatic carbocycles. The SMILES string of the molecule is CCN(Cc1cccc(Cl)c1)C[C@@H]1CC2(CC2)C(=O)O1. The molecule has 3 nitrogen and oxygen atoms in total.